The molecule has 0 bridgehead atoms. The number of hydrogen-bond acceptors (Lipinski definition) is 4. The van der Waals surface area contributed by atoms with Crippen molar-refractivity contribution in [3.8, 4) is 0 Å². The molecular formula is C15H26N4O2. The van der Waals surface area contributed by atoms with Crippen LogP contribution in [0.15, 0.2) is 18.5 Å². The number of amides is 1. The minimum atomic E-state index is -0.237. The molecule has 0 saturated carbocycles. The van der Waals surface area contributed by atoms with E-state index in [4.69, 9.17) is 4.74 Å². The third kappa shape index (κ3) is 4.54. The molecule has 2 heterocycles. The number of carbonyl (C=O) groups is 1. The lowest BCUT2D eigenvalue weighted by atomic mass is 10.1. The summed E-state index contributed by atoms with van der Waals surface area (Å²) in [5.41, 5.74) is 0. The smallest absolute Gasteiger partial charge is 0.236 e. The molecule has 0 aromatic carbocycles. The summed E-state index contributed by atoms with van der Waals surface area (Å²) in [5.74, 6) is 0.0185. The van der Waals surface area contributed by atoms with Gasteiger partial charge in [-0.15, -0.1) is 0 Å². The van der Waals surface area contributed by atoms with E-state index in [2.05, 4.69) is 29.6 Å². The lowest BCUT2D eigenvalue weighted by Gasteiger charge is -2.25. The van der Waals surface area contributed by atoms with Crippen LogP contribution in [0.25, 0.3) is 0 Å². The Hall–Kier alpha value is -1.40. The lowest BCUT2D eigenvalue weighted by Crippen LogP contribution is -2.49. The maximum absolute atomic E-state index is 12.1. The van der Waals surface area contributed by atoms with Crippen molar-refractivity contribution in [1.82, 2.24) is 20.4 Å². The van der Waals surface area contributed by atoms with Crippen LogP contribution in [0.4, 0.5) is 0 Å². The predicted octanol–water partition coefficient (Wildman–Crippen LogP) is 1.11. The molecule has 1 aliphatic heterocycles. The summed E-state index contributed by atoms with van der Waals surface area (Å²) in [5, 5.41) is 10.5. The third-order valence-electron chi connectivity index (χ3n) is 4.10. The van der Waals surface area contributed by atoms with Crippen molar-refractivity contribution in [3.63, 3.8) is 0 Å². The van der Waals surface area contributed by atoms with Crippen LogP contribution in [-0.2, 0) is 9.53 Å². The predicted molar refractivity (Wildman–Crippen MR) is 81.0 cm³/mol. The van der Waals surface area contributed by atoms with E-state index in [1.807, 2.05) is 23.9 Å². The van der Waals surface area contributed by atoms with E-state index in [-0.39, 0.29) is 30.1 Å². The number of hydrogen-bond donors (Lipinski definition) is 2. The topological polar surface area (TPSA) is 68.2 Å². The number of carbonyl (C=O) groups excluding carboxylic acids is 1. The molecule has 1 aliphatic rings. The molecule has 0 unspecified atom stereocenters. The van der Waals surface area contributed by atoms with Gasteiger partial charge in [0.1, 0.15) is 0 Å². The zero-order chi connectivity index (χ0) is 15.2. The van der Waals surface area contributed by atoms with Crippen molar-refractivity contribution in [2.45, 2.75) is 57.8 Å². The number of ether oxygens (including phenoxy) is 1. The van der Waals surface area contributed by atoms with Gasteiger partial charge < -0.3 is 15.4 Å². The summed E-state index contributed by atoms with van der Waals surface area (Å²) in [7, 11) is 0. The quantitative estimate of drug-likeness (QED) is 0.790. The summed E-state index contributed by atoms with van der Waals surface area (Å²) >= 11 is 0. The van der Waals surface area contributed by atoms with Gasteiger partial charge in [-0.25, -0.2) is 0 Å². The molecular weight excluding hydrogens is 268 g/mol. The second-order valence-corrected chi connectivity index (χ2v) is 5.78. The molecule has 118 valence electrons. The molecule has 1 amide bonds. The highest BCUT2D eigenvalue weighted by molar-refractivity contribution is 5.81. The Labute approximate surface area is 126 Å². The van der Waals surface area contributed by atoms with E-state index in [0.717, 1.165) is 19.4 Å². The van der Waals surface area contributed by atoms with E-state index in [0.29, 0.717) is 6.54 Å². The van der Waals surface area contributed by atoms with Crippen LogP contribution in [-0.4, -0.2) is 47.0 Å². The molecule has 0 aliphatic carbocycles. The molecule has 4 atom stereocenters. The van der Waals surface area contributed by atoms with Gasteiger partial charge in [0.15, 0.2) is 0 Å². The Morgan fingerprint density at radius 2 is 2.29 bits per heavy atom. The van der Waals surface area contributed by atoms with Gasteiger partial charge in [0.05, 0.1) is 18.2 Å². The van der Waals surface area contributed by atoms with Crippen LogP contribution in [0.1, 0.15) is 39.7 Å². The monoisotopic (exact) mass is 294 g/mol. The Morgan fingerprint density at radius 3 is 2.90 bits per heavy atom. The molecule has 2 rings (SSSR count). The fraction of sp³-hybridized carbons (Fsp3) is 0.733. The molecule has 6 nitrogen and oxygen atoms in total. The normalized spacial score (nSPS) is 22.7. The molecule has 1 saturated heterocycles. The molecule has 1 aromatic rings. The SMILES string of the molecule is C[C@H](N[C@H](C)[C@H](C)n1cccn1)C(=O)NC[C@@H]1CCCO1. The highest BCUT2D eigenvalue weighted by Crippen LogP contribution is 2.11. The molecule has 0 spiro atoms. The maximum atomic E-state index is 12.1. The first kappa shape index (κ1) is 16.0. The van der Waals surface area contributed by atoms with Crippen LogP contribution in [0.5, 0.6) is 0 Å². The average molecular weight is 294 g/mol. The highest BCUT2D eigenvalue weighted by atomic mass is 16.5. The minimum Gasteiger partial charge on any atom is -0.376 e. The zero-order valence-electron chi connectivity index (χ0n) is 13.1. The van der Waals surface area contributed by atoms with Crippen molar-refractivity contribution >= 4 is 5.91 Å². The van der Waals surface area contributed by atoms with E-state index in [9.17, 15) is 4.79 Å². The number of rotatable bonds is 7. The second kappa shape index (κ2) is 7.56. The first-order chi connectivity index (χ1) is 10.1. The van der Waals surface area contributed by atoms with Crippen molar-refractivity contribution in [1.29, 1.82) is 0 Å². The maximum Gasteiger partial charge on any atom is 0.236 e. The largest absolute Gasteiger partial charge is 0.376 e. The highest BCUT2D eigenvalue weighted by Gasteiger charge is 2.22. The number of nitrogens with one attached hydrogen (secondary N) is 2. The Bertz CT molecular complexity index is 429. The molecule has 0 radical (unpaired) electrons. The van der Waals surface area contributed by atoms with Gasteiger partial charge in [-0.1, -0.05) is 0 Å². The van der Waals surface area contributed by atoms with Crippen LogP contribution < -0.4 is 10.6 Å². The van der Waals surface area contributed by atoms with E-state index >= 15 is 0 Å². The van der Waals surface area contributed by atoms with E-state index in [1.54, 1.807) is 6.20 Å². The fourth-order valence-electron chi connectivity index (χ4n) is 2.53. The Morgan fingerprint density at radius 1 is 1.48 bits per heavy atom. The lowest BCUT2D eigenvalue weighted by molar-refractivity contribution is -0.123. The van der Waals surface area contributed by atoms with Gasteiger partial charge in [0.25, 0.3) is 0 Å². The standard InChI is InChI=1S/C15H26N4O2/c1-11(13(3)19-8-5-7-17-19)18-12(2)15(20)16-10-14-6-4-9-21-14/h5,7-8,11-14,18H,4,6,9-10H2,1-3H3,(H,16,20)/t11-,12+,13+,14+/m1/s1. The number of aromatic nitrogens is 2. The summed E-state index contributed by atoms with van der Waals surface area (Å²) in [6.45, 7) is 7.45. The molecule has 1 fully saturated rings. The molecule has 21 heavy (non-hydrogen) atoms. The fourth-order valence-corrected chi connectivity index (χ4v) is 2.53. The van der Waals surface area contributed by atoms with Gasteiger partial charge in [-0.2, -0.15) is 5.10 Å². The van der Waals surface area contributed by atoms with E-state index in [1.165, 1.54) is 0 Å². The molecule has 2 N–H and O–H groups in total. The summed E-state index contributed by atoms with van der Waals surface area (Å²) < 4.78 is 7.40. The van der Waals surface area contributed by atoms with Crippen LogP contribution in [0, 0.1) is 0 Å². The van der Waals surface area contributed by atoms with Gasteiger partial charge in [0.2, 0.25) is 5.91 Å². The van der Waals surface area contributed by atoms with Crippen molar-refractivity contribution in [3.05, 3.63) is 18.5 Å². The van der Waals surface area contributed by atoms with Crippen molar-refractivity contribution in [2.75, 3.05) is 13.2 Å². The Kier molecular flexibility index (Phi) is 5.76. The van der Waals surface area contributed by atoms with Crippen LogP contribution in [0.3, 0.4) is 0 Å². The van der Waals surface area contributed by atoms with E-state index < -0.39 is 0 Å². The summed E-state index contributed by atoms with van der Waals surface area (Å²) in [6, 6.07) is 2.00. The average Bonchev–Trinajstić information content (AvgIpc) is 3.16. The summed E-state index contributed by atoms with van der Waals surface area (Å²) in [4.78, 5) is 12.1. The summed E-state index contributed by atoms with van der Waals surface area (Å²) in [6.07, 6.45) is 6.01. The number of nitrogens with zero attached hydrogens (tertiary/aromatic N) is 2. The second-order valence-electron chi connectivity index (χ2n) is 5.78. The zero-order valence-corrected chi connectivity index (χ0v) is 13.1. The molecule has 6 heteroatoms. The van der Waals surface area contributed by atoms with Crippen LogP contribution in [0.2, 0.25) is 0 Å². The van der Waals surface area contributed by atoms with Gasteiger partial charge in [0, 0.05) is 31.6 Å². The first-order valence-electron chi connectivity index (χ1n) is 7.72. The van der Waals surface area contributed by atoms with Gasteiger partial charge in [-0.05, 0) is 39.7 Å². The first-order valence-corrected chi connectivity index (χ1v) is 7.72. The van der Waals surface area contributed by atoms with Crippen molar-refractivity contribution < 1.29 is 9.53 Å². The third-order valence-corrected chi connectivity index (χ3v) is 4.10. The molecule has 1 aromatic heterocycles. The van der Waals surface area contributed by atoms with Crippen molar-refractivity contribution in [2.24, 2.45) is 0 Å². The van der Waals surface area contributed by atoms with Gasteiger partial charge >= 0.3 is 0 Å². The van der Waals surface area contributed by atoms with Gasteiger partial charge in [-0.3, -0.25) is 9.48 Å². The Balaban J connectivity index is 1.74. The minimum absolute atomic E-state index is 0.0185. The van der Waals surface area contributed by atoms with Crippen LogP contribution >= 0.6 is 0 Å².